The quantitative estimate of drug-likeness (QED) is 0.740. The van der Waals surface area contributed by atoms with Crippen molar-refractivity contribution < 1.29 is 5.11 Å². The van der Waals surface area contributed by atoms with Crippen molar-refractivity contribution in [2.24, 2.45) is 5.92 Å². The number of hydrogen-bond acceptors (Lipinski definition) is 3. The fraction of sp³-hybridized carbons (Fsp3) is 1.00. The average molecular weight is 240 g/mol. The molecule has 3 heteroatoms. The van der Waals surface area contributed by atoms with Crippen LogP contribution in [0.5, 0.6) is 0 Å². The summed E-state index contributed by atoms with van der Waals surface area (Å²) in [6.07, 6.45) is 6.36. The van der Waals surface area contributed by atoms with Gasteiger partial charge in [0.2, 0.25) is 0 Å². The van der Waals surface area contributed by atoms with Crippen LogP contribution in [-0.4, -0.2) is 47.8 Å². The van der Waals surface area contributed by atoms with Crippen molar-refractivity contribution in [1.82, 2.24) is 10.2 Å². The maximum Gasteiger partial charge on any atom is 0.0585 e. The minimum atomic E-state index is 0.287. The Labute approximate surface area is 106 Å². The van der Waals surface area contributed by atoms with Gasteiger partial charge in [0.05, 0.1) is 6.61 Å². The Morgan fingerprint density at radius 1 is 1.29 bits per heavy atom. The fourth-order valence-corrected chi connectivity index (χ4v) is 2.92. The standard InChI is InChI=1S/C14H28N2O/c1-11-5-7-16(12(2)9-11)8-6-14(10-17)15-13-3-4-13/h11-15,17H,3-10H2,1-2H3. The Bertz CT molecular complexity index is 230. The molecular formula is C14H28N2O. The van der Waals surface area contributed by atoms with E-state index in [1.807, 2.05) is 0 Å². The lowest BCUT2D eigenvalue weighted by Crippen LogP contribution is -2.44. The van der Waals surface area contributed by atoms with Gasteiger partial charge in [0.1, 0.15) is 0 Å². The van der Waals surface area contributed by atoms with Gasteiger partial charge in [-0.15, -0.1) is 0 Å². The highest BCUT2D eigenvalue weighted by molar-refractivity contribution is 4.85. The van der Waals surface area contributed by atoms with Crippen LogP contribution in [0.1, 0.15) is 46.0 Å². The Hall–Kier alpha value is -0.120. The minimum Gasteiger partial charge on any atom is -0.395 e. The average Bonchev–Trinajstić information content (AvgIpc) is 3.10. The second-order valence-corrected chi connectivity index (χ2v) is 6.12. The molecule has 0 aromatic carbocycles. The van der Waals surface area contributed by atoms with E-state index in [9.17, 15) is 5.11 Å². The van der Waals surface area contributed by atoms with Crippen molar-refractivity contribution in [3.05, 3.63) is 0 Å². The highest BCUT2D eigenvalue weighted by atomic mass is 16.3. The molecule has 1 saturated carbocycles. The summed E-state index contributed by atoms with van der Waals surface area (Å²) in [5.74, 6) is 0.888. The zero-order chi connectivity index (χ0) is 12.3. The molecule has 3 atom stereocenters. The molecule has 0 aromatic heterocycles. The summed E-state index contributed by atoms with van der Waals surface area (Å²) in [6.45, 7) is 7.37. The molecule has 2 N–H and O–H groups in total. The molecule has 0 aromatic rings. The first-order valence-electron chi connectivity index (χ1n) is 7.30. The van der Waals surface area contributed by atoms with Crippen molar-refractivity contribution in [1.29, 1.82) is 0 Å². The maximum absolute atomic E-state index is 9.36. The van der Waals surface area contributed by atoms with Gasteiger partial charge < -0.3 is 15.3 Å². The molecule has 1 saturated heterocycles. The molecule has 3 unspecified atom stereocenters. The second kappa shape index (κ2) is 6.17. The van der Waals surface area contributed by atoms with E-state index in [-0.39, 0.29) is 6.61 Å². The molecule has 2 fully saturated rings. The molecule has 1 aliphatic heterocycles. The molecule has 0 radical (unpaired) electrons. The number of aliphatic hydroxyl groups excluding tert-OH is 1. The van der Waals surface area contributed by atoms with Gasteiger partial charge in [-0.05, 0) is 58.0 Å². The largest absolute Gasteiger partial charge is 0.395 e. The van der Waals surface area contributed by atoms with Crippen molar-refractivity contribution in [3.8, 4) is 0 Å². The van der Waals surface area contributed by atoms with E-state index in [0.717, 1.165) is 24.9 Å². The number of aliphatic hydroxyl groups is 1. The van der Waals surface area contributed by atoms with E-state index in [4.69, 9.17) is 0 Å². The lowest BCUT2D eigenvalue weighted by molar-refractivity contribution is 0.117. The van der Waals surface area contributed by atoms with E-state index in [1.54, 1.807) is 0 Å². The zero-order valence-corrected chi connectivity index (χ0v) is 11.4. The monoisotopic (exact) mass is 240 g/mol. The van der Waals surface area contributed by atoms with Crippen LogP contribution in [0.15, 0.2) is 0 Å². The van der Waals surface area contributed by atoms with Crippen LogP contribution in [0.25, 0.3) is 0 Å². The number of likely N-dealkylation sites (tertiary alicyclic amines) is 1. The van der Waals surface area contributed by atoms with Gasteiger partial charge in [0, 0.05) is 18.1 Å². The van der Waals surface area contributed by atoms with Crippen LogP contribution in [0.4, 0.5) is 0 Å². The molecule has 2 aliphatic rings. The van der Waals surface area contributed by atoms with Gasteiger partial charge in [-0.1, -0.05) is 6.92 Å². The Morgan fingerprint density at radius 3 is 2.65 bits per heavy atom. The van der Waals surface area contributed by atoms with Gasteiger partial charge in [0.25, 0.3) is 0 Å². The first-order valence-corrected chi connectivity index (χ1v) is 7.30. The third-order valence-electron chi connectivity index (χ3n) is 4.31. The SMILES string of the molecule is CC1CCN(CCC(CO)NC2CC2)C(C)C1. The number of piperidine rings is 1. The van der Waals surface area contributed by atoms with E-state index in [1.165, 1.54) is 32.2 Å². The number of nitrogens with one attached hydrogen (secondary N) is 1. The molecule has 1 heterocycles. The Balaban J connectivity index is 1.68. The Kier molecular flexibility index (Phi) is 4.83. The van der Waals surface area contributed by atoms with Crippen molar-refractivity contribution in [3.63, 3.8) is 0 Å². The van der Waals surface area contributed by atoms with Gasteiger partial charge in [-0.3, -0.25) is 0 Å². The maximum atomic E-state index is 9.36. The first kappa shape index (κ1) is 13.3. The molecule has 100 valence electrons. The third kappa shape index (κ3) is 4.23. The number of nitrogens with zero attached hydrogens (tertiary/aromatic N) is 1. The summed E-state index contributed by atoms with van der Waals surface area (Å²) in [5, 5.41) is 12.9. The first-order chi connectivity index (χ1) is 8.19. The van der Waals surface area contributed by atoms with Crippen molar-refractivity contribution in [2.75, 3.05) is 19.7 Å². The van der Waals surface area contributed by atoms with Crippen LogP contribution in [0, 0.1) is 5.92 Å². The molecule has 2 rings (SSSR count). The summed E-state index contributed by atoms with van der Waals surface area (Å²) in [4.78, 5) is 2.59. The van der Waals surface area contributed by atoms with E-state index >= 15 is 0 Å². The molecule has 3 nitrogen and oxygen atoms in total. The summed E-state index contributed by atoms with van der Waals surface area (Å²) < 4.78 is 0. The Morgan fingerprint density at radius 2 is 2.06 bits per heavy atom. The lowest BCUT2D eigenvalue weighted by Gasteiger charge is -2.37. The molecule has 0 spiro atoms. The lowest BCUT2D eigenvalue weighted by atomic mass is 9.93. The molecule has 0 amide bonds. The van der Waals surface area contributed by atoms with E-state index in [2.05, 4.69) is 24.1 Å². The summed E-state index contributed by atoms with van der Waals surface area (Å²) in [5.41, 5.74) is 0. The summed E-state index contributed by atoms with van der Waals surface area (Å²) in [7, 11) is 0. The van der Waals surface area contributed by atoms with Crippen molar-refractivity contribution >= 4 is 0 Å². The predicted octanol–water partition coefficient (Wildman–Crippen LogP) is 1.61. The van der Waals surface area contributed by atoms with Gasteiger partial charge in [0.15, 0.2) is 0 Å². The zero-order valence-electron chi connectivity index (χ0n) is 11.4. The van der Waals surface area contributed by atoms with Crippen molar-refractivity contribution in [2.45, 2.75) is 64.1 Å². The van der Waals surface area contributed by atoms with Crippen LogP contribution >= 0.6 is 0 Å². The molecule has 0 bridgehead atoms. The van der Waals surface area contributed by atoms with Gasteiger partial charge in [-0.2, -0.15) is 0 Å². The number of hydrogen-bond donors (Lipinski definition) is 2. The molecular weight excluding hydrogens is 212 g/mol. The smallest absolute Gasteiger partial charge is 0.0585 e. The van der Waals surface area contributed by atoms with Crippen LogP contribution in [-0.2, 0) is 0 Å². The molecule has 17 heavy (non-hydrogen) atoms. The highest BCUT2D eigenvalue weighted by Gasteiger charge is 2.26. The third-order valence-corrected chi connectivity index (χ3v) is 4.31. The molecule has 1 aliphatic carbocycles. The number of rotatable bonds is 6. The van der Waals surface area contributed by atoms with E-state index < -0.39 is 0 Å². The minimum absolute atomic E-state index is 0.287. The topological polar surface area (TPSA) is 35.5 Å². The van der Waals surface area contributed by atoms with Crippen LogP contribution < -0.4 is 5.32 Å². The van der Waals surface area contributed by atoms with Gasteiger partial charge in [-0.25, -0.2) is 0 Å². The highest BCUT2D eigenvalue weighted by Crippen LogP contribution is 2.23. The second-order valence-electron chi connectivity index (χ2n) is 6.12. The van der Waals surface area contributed by atoms with Crippen LogP contribution in [0.3, 0.4) is 0 Å². The van der Waals surface area contributed by atoms with Crippen LogP contribution in [0.2, 0.25) is 0 Å². The predicted molar refractivity (Wildman–Crippen MR) is 71.1 cm³/mol. The van der Waals surface area contributed by atoms with E-state index in [0.29, 0.717) is 12.1 Å². The summed E-state index contributed by atoms with van der Waals surface area (Å²) >= 11 is 0. The fourth-order valence-electron chi connectivity index (χ4n) is 2.92. The summed E-state index contributed by atoms with van der Waals surface area (Å²) in [6, 6.07) is 1.74. The van der Waals surface area contributed by atoms with Gasteiger partial charge >= 0.3 is 0 Å². The normalized spacial score (nSPS) is 32.6.